The standard InChI is InChI=1S/C17H16N4OS/c1-11-7-9-12(10-8-11)16-20-21(17(19)23-16)15(18)13-5-3-4-6-14(13)22-2/h3-10,18-19H,1-2H3. The van der Waals surface area contributed by atoms with Gasteiger partial charge in [0.2, 0.25) is 4.80 Å². The van der Waals surface area contributed by atoms with Crippen molar-refractivity contribution < 1.29 is 4.74 Å². The van der Waals surface area contributed by atoms with E-state index in [0.717, 1.165) is 10.6 Å². The molecule has 0 saturated heterocycles. The lowest BCUT2D eigenvalue weighted by molar-refractivity contribution is 0.413. The number of rotatable bonds is 3. The Morgan fingerprint density at radius 3 is 2.52 bits per heavy atom. The number of hydrogen-bond acceptors (Lipinski definition) is 5. The van der Waals surface area contributed by atoms with Gasteiger partial charge >= 0.3 is 0 Å². The van der Waals surface area contributed by atoms with Gasteiger partial charge in [-0.2, -0.15) is 9.78 Å². The Balaban J connectivity index is 2.02. The number of methoxy groups -OCH3 is 1. The lowest BCUT2D eigenvalue weighted by Crippen LogP contribution is -2.24. The summed E-state index contributed by atoms with van der Waals surface area (Å²) in [5, 5.41) is 21.6. The van der Waals surface area contributed by atoms with Crippen LogP contribution in [-0.2, 0) is 0 Å². The van der Waals surface area contributed by atoms with Crippen LogP contribution in [0.25, 0.3) is 10.6 Å². The Kier molecular flexibility index (Phi) is 4.08. The van der Waals surface area contributed by atoms with E-state index in [-0.39, 0.29) is 10.6 Å². The second kappa shape index (κ2) is 6.18. The van der Waals surface area contributed by atoms with Gasteiger partial charge in [-0.3, -0.25) is 10.8 Å². The van der Waals surface area contributed by atoms with Gasteiger partial charge in [0.25, 0.3) is 0 Å². The fourth-order valence-corrected chi connectivity index (χ4v) is 2.99. The second-order valence-corrected chi connectivity index (χ2v) is 6.02. The molecule has 0 unspecified atom stereocenters. The number of nitrogens with zero attached hydrogens (tertiary/aromatic N) is 2. The molecule has 0 radical (unpaired) electrons. The van der Waals surface area contributed by atoms with Crippen LogP contribution in [-0.4, -0.2) is 22.7 Å². The molecule has 116 valence electrons. The summed E-state index contributed by atoms with van der Waals surface area (Å²) in [7, 11) is 1.57. The van der Waals surface area contributed by atoms with Gasteiger partial charge < -0.3 is 4.74 Å². The predicted octanol–water partition coefficient (Wildman–Crippen LogP) is 3.28. The fraction of sp³-hybridized carbons (Fsp3) is 0.118. The van der Waals surface area contributed by atoms with Crippen molar-refractivity contribution >= 4 is 17.2 Å². The van der Waals surface area contributed by atoms with Crippen LogP contribution in [0.5, 0.6) is 5.75 Å². The smallest absolute Gasteiger partial charge is 0.206 e. The average Bonchev–Trinajstić information content (AvgIpc) is 2.96. The minimum absolute atomic E-state index is 0.127. The summed E-state index contributed by atoms with van der Waals surface area (Å²) in [5.74, 6) is 0.719. The van der Waals surface area contributed by atoms with Crippen LogP contribution in [0.4, 0.5) is 0 Å². The maximum absolute atomic E-state index is 8.37. The maximum Gasteiger partial charge on any atom is 0.206 e. The molecule has 0 amide bonds. The molecule has 0 bridgehead atoms. The SMILES string of the molecule is COc1ccccc1C(=N)n1nc(-c2ccc(C)cc2)sc1=N. The van der Waals surface area contributed by atoms with E-state index >= 15 is 0 Å². The molecular formula is C17H16N4OS. The molecule has 2 N–H and O–H groups in total. The summed E-state index contributed by atoms with van der Waals surface area (Å²) in [6.45, 7) is 2.03. The molecule has 0 aliphatic rings. The molecule has 0 atom stereocenters. The summed E-state index contributed by atoms with van der Waals surface area (Å²) >= 11 is 1.25. The molecule has 0 aliphatic carbocycles. The largest absolute Gasteiger partial charge is 0.496 e. The van der Waals surface area contributed by atoms with Gasteiger partial charge in [-0.05, 0) is 19.1 Å². The second-order valence-electron chi connectivity index (χ2n) is 5.04. The van der Waals surface area contributed by atoms with E-state index in [1.165, 1.54) is 21.6 Å². The summed E-state index contributed by atoms with van der Waals surface area (Å²) in [5.41, 5.74) is 2.72. The molecule has 1 heterocycles. The van der Waals surface area contributed by atoms with Crippen LogP contribution in [0.2, 0.25) is 0 Å². The summed E-state index contributed by atoms with van der Waals surface area (Å²) in [6.07, 6.45) is 0. The van der Waals surface area contributed by atoms with Gasteiger partial charge in [0.15, 0.2) is 5.84 Å². The first-order chi connectivity index (χ1) is 11.1. The molecule has 3 rings (SSSR count). The van der Waals surface area contributed by atoms with Crippen molar-refractivity contribution in [3.63, 3.8) is 0 Å². The van der Waals surface area contributed by atoms with Crippen LogP contribution >= 0.6 is 11.3 Å². The average molecular weight is 324 g/mol. The normalized spacial score (nSPS) is 10.5. The van der Waals surface area contributed by atoms with Crippen LogP contribution in [0.3, 0.4) is 0 Å². The Bertz CT molecular complexity index is 909. The zero-order valence-corrected chi connectivity index (χ0v) is 13.6. The van der Waals surface area contributed by atoms with Gasteiger partial charge in [0, 0.05) is 5.56 Å². The lowest BCUT2D eigenvalue weighted by atomic mass is 10.2. The number of nitrogens with one attached hydrogen (secondary N) is 2. The first-order valence-corrected chi connectivity index (χ1v) is 7.86. The van der Waals surface area contributed by atoms with Crippen LogP contribution in [0.15, 0.2) is 48.5 Å². The quantitative estimate of drug-likeness (QED) is 0.573. The first kappa shape index (κ1) is 15.2. The molecule has 3 aromatic rings. The van der Waals surface area contributed by atoms with Gasteiger partial charge in [0.05, 0.1) is 12.7 Å². The Hall–Kier alpha value is -2.73. The van der Waals surface area contributed by atoms with E-state index in [4.69, 9.17) is 15.6 Å². The van der Waals surface area contributed by atoms with Gasteiger partial charge in [-0.1, -0.05) is 53.3 Å². The van der Waals surface area contributed by atoms with Gasteiger partial charge in [-0.25, -0.2) is 0 Å². The van der Waals surface area contributed by atoms with Crippen molar-refractivity contribution in [2.45, 2.75) is 6.92 Å². The van der Waals surface area contributed by atoms with Crippen molar-refractivity contribution in [1.29, 1.82) is 10.8 Å². The highest BCUT2D eigenvalue weighted by Gasteiger charge is 2.14. The Labute approximate surface area is 137 Å². The Morgan fingerprint density at radius 2 is 1.83 bits per heavy atom. The van der Waals surface area contributed by atoms with E-state index in [1.807, 2.05) is 43.3 Å². The van der Waals surface area contributed by atoms with Crippen LogP contribution < -0.4 is 9.54 Å². The molecule has 0 saturated carbocycles. The Morgan fingerprint density at radius 1 is 1.13 bits per heavy atom. The molecule has 0 aliphatic heterocycles. The summed E-state index contributed by atoms with van der Waals surface area (Å²) < 4.78 is 6.62. The number of hydrogen-bond donors (Lipinski definition) is 2. The van der Waals surface area contributed by atoms with Crippen molar-refractivity contribution in [2.24, 2.45) is 0 Å². The third kappa shape index (κ3) is 2.93. The highest BCUT2D eigenvalue weighted by Crippen LogP contribution is 2.21. The van der Waals surface area contributed by atoms with Crippen LogP contribution in [0.1, 0.15) is 11.1 Å². The van der Waals surface area contributed by atoms with Crippen molar-refractivity contribution in [2.75, 3.05) is 7.11 Å². The highest BCUT2D eigenvalue weighted by atomic mass is 32.1. The third-order valence-electron chi connectivity index (χ3n) is 3.45. The number of para-hydroxylation sites is 1. The molecular weight excluding hydrogens is 308 g/mol. The summed E-state index contributed by atoms with van der Waals surface area (Å²) in [6, 6.07) is 15.2. The number of benzene rings is 2. The molecule has 1 aromatic heterocycles. The van der Waals surface area contributed by atoms with Crippen molar-refractivity contribution in [3.8, 4) is 16.3 Å². The van der Waals surface area contributed by atoms with E-state index in [0.29, 0.717) is 11.3 Å². The fourth-order valence-electron chi connectivity index (χ4n) is 2.21. The van der Waals surface area contributed by atoms with E-state index in [2.05, 4.69) is 5.10 Å². The lowest BCUT2D eigenvalue weighted by Gasteiger charge is -2.08. The van der Waals surface area contributed by atoms with E-state index < -0.39 is 0 Å². The molecule has 0 fully saturated rings. The molecule has 5 nitrogen and oxygen atoms in total. The predicted molar refractivity (Wildman–Crippen MR) is 91.4 cm³/mol. The molecule has 6 heteroatoms. The van der Waals surface area contributed by atoms with Gasteiger partial charge in [-0.15, -0.1) is 0 Å². The topological polar surface area (TPSA) is 74.8 Å². The maximum atomic E-state index is 8.37. The zero-order chi connectivity index (χ0) is 16.4. The minimum Gasteiger partial charge on any atom is -0.496 e. The number of aryl methyl sites for hydroxylation is 1. The van der Waals surface area contributed by atoms with Crippen molar-refractivity contribution in [3.05, 3.63) is 64.5 Å². The minimum atomic E-state index is 0.127. The van der Waals surface area contributed by atoms with Crippen LogP contribution in [0, 0.1) is 17.7 Å². The van der Waals surface area contributed by atoms with E-state index in [9.17, 15) is 0 Å². The third-order valence-corrected chi connectivity index (χ3v) is 4.33. The summed E-state index contributed by atoms with van der Waals surface area (Å²) in [4.78, 5) is 0.205. The van der Waals surface area contributed by atoms with E-state index in [1.54, 1.807) is 19.2 Å². The highest BCUT2D eigenvalue weighted by molar-refractivity contribution is 7.12. The molecule has 0 spiro atoms. The van der Waals surface area contributed by atoms with Crippen molar-refractivity contribution in [1.82, 2.24) is 9.78 Å². The zero-order valence-electron chi connectivity index (χ0n) is 12.8. The molecule has 23 heavy (non-hydrogen) atoms. The first-order valence-electron chi connectivity index (χ1n) is 7.04. The molecule has 2 aromatic carbocycles. The number of aromatic nitrogens is 2. The van der Waals surface area contributed by atoms with Gasteiger partial charge in [0.1, 0.15) is 10.8 Å². The number of ether oxygens (including phenoxy) is 1. The monoisotopic (exact) mass is 324 g/mol.